The maximum atomic E-state index is 13.0. The molecule has 1 fully saturated rings. The first-order valence-electron chi connectivity index (χ1n) is 12.9. The molecule has 0 atom stereocenters. The minimum absolute atomic E-state index is 0.0922. The van der Waals surface area contributed by atoms with Crippen LogP contribution in [0.2, 0.25) is 0 Å². The first-order chi connectivity index (χ1) is 17.6. The first-order valence-corrected chi connectivity index (χ1v) is 13.7. The van der Waals surface area contributed by atoms with Crippen LogP contribution in [0.4, 0.5) is 16.6 Å². The van der Waals surface area contributed by atoms with E-state index in [1.165, 1.54) is 4.88 Å². The molecule has 1 saturated heterocycles. The highest BCUT2D eigenvalue weighted by molar-refractivity contribution is 7.16. The Kier molecular flexibility index (Phi) is 7.36. The molecule has 1 aromatic carbocycles. The minimum Gasteiger partial charge on any atom is -0.466 e. The van der Waals surface area contributed by atoms with Crippen LogP contribution < -0.4 is 10.2 Å². The lowest BCUT2D eigenvalue weighted by molar-refractivity contribution is -0.148. The lowest BCUT2D eigenvalue weighted by Crippen LogP contribution is -2.37. The molecule has 0 unspecified atom stereocenters. The molecular weight excluding hydrogens is 476 g/mol. The highest BCUT2D eigenvalue weighted by Crippen LogP contribution is 2.41. The predicted octanol–water partition coefficient (Wildman–Crippen LogP) is 5.27. The van der Waals surface area contributed by atoms with E-state index in [0.717, 1.165) is 53.1 Å². The second kappa shape index (κ2) is 10.8. The summed E-state index contributed by atoms with van der Waals surface area (Å²) in [6.45, 7) is 5.75. The lowest BCUT2D eigenvalue weighted by Gasteiger charge is -2.32. The number of carbonyl (C=O) groups is 2. The number of thiophene rings is 1. The topological polar surface area (TPSA) is 93.6 Å². The summed E-state index contributed by atoms with van der Waals surface area (Å²) in [6.07, 6.45) is 5.48. The maximum absolute atomic E-state index is 13.0. The molecule has 3 aromatic rings. The van der Waals surface area contributed by atoms with E-state index in [-0.39, 0.29) is 17.9 Å². The molecule has 5 rings (SSSR count). The maximum Gasteiger partial charge on any atom is 0.341 e. The highest BCUT2D eigenvalue weighted by Gasteiger charge is 2.30. The van der Waals surface area contributed by atoms with Gasteiger partial charge in [0.05, 0.1) is 35.7 Å². The smallest absolute Gasteiger partial charge is 0.341 e. The van der Waals surface area contributed by atoms with E-state index in [1.807, 2.05) is 38.1 Å². The van der Waals surface area contributed by atoms with E-state index in [1.54, 1.807) is 11.3 Å². The van der Waals surface area contributed by atoms with Gasteiger partial charge in [-0.25, -0.2) is 14.8 Å². The molecule has 9 heteroatoms. The number of fused-ring (bicyclic) bond motifs is 2. The van der Waals surface area contributed by atoms with Crippen molar-refractivity contribution in [2.45, 2.75) is 52.4 Å². The number of ether oxygens (including phenoxy) is 2. The number of aromatic nitrogens is 2. The van der Waals surface area contributed by atoms with E-state index < -0.39 is 0 Å². The van der Waals surface area contributed by atoms with Crippen molar-refractivity contribution in [3.8, 4) is 0 Å². The molecule has 190 valence electrons. The van der Waals surface area contributed by atoms with E-state index in [9.17, 15) is 9.59 Å². The number of aryl methyl sites for hydroxylation is 1. The van der Waals surface area contributed by atoms with Crippen molar-refractivity contribution in [3.05, 3.63) is 40.3 Å². The van der Waals surface area contributed by atoms with Crippen molar-refractivity contribution in [1.29, 1.82) is 0 Å². The van der Waals surface area contributed by atoms with Crippen LogP contribution in [0.1, 0.15) is 60.3 Å². The minimum atomic E-state index is -0.287. The summed E-state index contributed by atoms with van der Waals surface area (Å²) in [5.74, 6) is 0.850. The third-order valence-corrected chi connectivity index (χ3v) is 8.06. The van der Waals surface area contributed by atoms with Gasteiger partial charge in [-0.1, -0.05) is 12.1 Å². The van der Waals surface area contributed by atoms with Crippen LogP contribution >= 0.6 is 11.3 Å². The zero-order valence-electron chi connectivity index (χ0n) is 20.8. The van der Waals surface area contributed by atoms with Gasteiger partial charge in [-0.05, 0) is 70.1 Å². The normalized spacial score (nSPS) is 16.0. The average Bonchev–Trinajstić information content (AvgIpc) is 3.26. The average molecular weight is 509 g/mol. The van der Waals surface area contributed by atoms with Crippen LogP contribution in [0.5, 0.6) is 0 Å². The summed E-state index contributed by atoms with van der Waals surface area (Å²) in [6, 6.07) is 7.79. The number of para-hydroxylation sites is 2. The summed E-state index contributed by atoms with van der Waals surface area (Å²) in [4.78, 5) is 38.6. The molecule has 1 aliphatic heterocycles. The van der Waals surface area contributed by atoms with Crippen molar-refractivity contribution >= 4 is 50.9 Å². The second-order valence-electron chi connectivity index (χ2n) is 9.16. The number of nitrogens with one attached hydrogen (secondary N) is 1. The SMILES string of the molecule is CCOC(=O)c1c(Nc2nc3ccccc3nc2N2CCC(C(=O)OCC)CC2)sc2c1CCCC2. The quantitative estimate of drug-likeness (QED) is 0.432. The number of anilines is 3. The number of rotatable bonds is 7. The standard InChI is InChI=1S/C27H32N4O4S/c1-3-34-26(32)17-13-15-31(16-14-17)24-23(28-19-10-6-7-11-20(19)29-24)30-25-22(27(33)35-4-2)18-9-5-8-12-21(18)36-25/h6-7,10-11,17H,3-5,8-9,12-16H2,1-2H3,(H,28,30). The van der Waals surface area contributed by atoms with Crippen molar-refractivity contribution in [2.75, 3.05) is 36.5 Å². The second-order valence-corrected chi connectivity index (χ2v) is 10.3. The van der Waals surface area contributed by atoms with Gasteiger partial charge in [0, 0.05) is 18.0 Å². The molecule has 0 radical (unpaired) electrons. The summed E-state index contributed by atoms with van der Waals surface area (Å²) < 4.78 is 10.7. The predicted molar refractivity (Wildman–Crippen MR) is 141 cm³/mol. The van der Waals surface area contributed by atoms with Crippen molar-refractivity contribution < 1.29 is 19.1 Å². The Balaban J connectivity index is 1.50. The third-order valence-electron chi connectivity index (χ3n) is 6.85. The van der Waals surface area contributed by atoms with Gasteiger partial charge >= 0.3 is 11.9 Å². The summed E-state index contributed by atoms with van der Waals surface area (Å²) in [7, 11) is 0. The fraction of sp³-hybridized carbons (Fsp3) is 0.481. The Morgan fingerprint density at radius 1 is 1.03 bits per heavy atom. The summed E-state index contributed by atoms with van der Waals surface area (Å²) in [5, 5.41) is 4.26. The number of piperidine rings is 1. The zero-order chi connectivity index (χ0) is 25.1. The van der Waals surface area contributed by atoms with Crippen LogP contribution in [0.3, 0.4) is 0 Å². The number of nitrogens with zero attached hydrogens (tertiary/aromatic N) is 3. The van der Waals surface area contributed by atoms with E-state index in [2.05, 4.69) is 10.2 Å². The van der Waals surface area contributed by atoms with Gasteiger partial charge in [0.1, 0.15) is 5.00 Å². The molecule has 2 aromatic heterocycles. The molecule has 0 bridgehead atoms. The number of benzene rings is 1. The van der Waals surface area contributed by atoms with Gasteiger partial charge in [0.2, 0.25) is 0 Å². The molecular formula is C27H32N4O4S. The van der Waals surface area contributed by atoms with Crippen LogP contribution in [0, 0.1) is 5.92 Å². The van der Waals surface area contributed by atoms with Gasteiger partial charge in [-0.2, -0.15) is 0 Å². The van der Waals surface area contributed by atoms with Crippen LogP contribution in [-0.4, -0.2) is 48.2 Å². The molecule has 0 saturated carbocycles. The van der Waals surface area contributed by atoms with Gasteiger partial charge in [-0.3, -0.25) is 4.79 Å². The van der Waals surface area contributed by atoms with Crippen molar-refractivity contribution in [3.63, 3.8) is 0 Å². The van der Waals surface area contributed by atoms with E-state index in [0.29, 0.717) is 50.5 Å². The fourth-order valence-corrected chi connectivity index (χ4v) is 6.34. The lowest BCUT2D eigenvalue weighted by atomic mass is 9.95. The third kappa shape index (κ3) is 4.89. The van der Waals surface area contributed by atoms with Gasteiger partial charge in [0.25, 0.3) is 0 Å². The van der Waals surface area contributed by atoms with Crippen molar-refractivity contribution in [2.24, 2.45) is 5.92 Å². The van der Waals surface area contributed by atoms with E-state index in [4.69, 9.17) is 19.4 Å². The fourth-order valence-electron chi connectivity index (χ4n) is 5.06. The Labute approximate surface area is 215 Å². The monoisotopic (exact) mass is 508 g/mol. The molecule has 3 heterocycles. The van der Waals surface area contributed by atoms with Crippen molar-refractivity contribution in [1.82, 2.24) is 9.97 Å². The summed E-state index contributed by atoms with van der Waals surface area (Å²) in [5.41, 5.74) is 3.34. The molecule has 2 aliphatic rings. The number of hydrogen-bond donors (Lipinski definition) is 1. The summed E-state index contributed by atoms with van der Waals surface area (Å²) >= 11 is 1.62. The number of carbonyl (C=O) groups excluding carboxylic acids is 2. The van der Waals surface area contributed by atoms with Crippen LogP contribution in [0.25, 0.3) is 11.0 Å². The molecule has 0 spiro atoms. The molecule has 8 nitrogen and oxygen atoms in total. The molecule has 1 N–H and O–H groups in total. The molecule has 36 heavy (non-hydrogen) atoms. The van der Waals surface area contributed by atoms with Crippen LogP contribution in [0.15, 0.2) is 24.3 Å². The van der Waals surface area contributed by atoms with Gasteiger partial charge in [-0.15, -0.1) is 11.3 Å². The largest absolute Gasteiger partial charge is 0.466 e. The Morgan fingerprint density at radius 3 is 2.44 bits per heavy atom. The zero-order valence-corrected chi connectivity index (χ0v) is 21.7. The van der Waals surface area contributed by atoms with Crippen LogP contribution in [-0.2, 0) is 27.1 Å². The van der Waals surface area contributed by atoms with Gasteiger partial charge in [0.15, 0.2) is 11.6 Å². The highest BCUT2D eigenvalue weighted by atomic mass is 32.1. The number of hydrogen-bond acceptors (Lipinski definition) is 9. The molecule has 0 amide bonds. The Bertz CT molecular complexity index is 1270. The molecule has 1 aliphatic carbocycles. The van der Waals surface area contributed by atoms with E-state index >= 15 is 0 Å². The number of esters is 2. The first kappa shape index (κ1) is 24.5. The Hall–Kier alpha value is -3.20. The van der Waals surface area contributed by atoms with Gasteiger partial charge < -0.3 is 19.7 Å². The Morgan fingerprint density at radius 2 is 1.72 bits per heavy atom.